The third-order valence-corrected chi connectivity index (χ3v) is 7.20. The van der Waals surface area contributed by atoms with E-state index in [9.17, 15) is 14.4 Å². The average molecular weight is 586 g/mol. The van der Waals surface area contributed by atoms with Gasteiger partial charge in [-0.2, -0.15) is 0 Å². The number of aryl methyl sites for hydroxylation is 3. The van der Waals surface area contributed by atoms with Gasteiger partial charge in [0, 0.05) is 6.54 Å². The topological polar surface area (TPSA) is 87.7 Å². The minimum absolute atomic E-state index is 0.359. The molecule has 2 rings (SSSR count). The Kier molecular flexibility index (Phi) is 13.2. The molecule has 0 aliphatic rings. The fourth-order valence-electron chi connectivity index (χ4n) is 4.79. The van der Waals surface area contributed by atoms with Crippen molar-refractivity contribution in [3.8, 4) is 0 Å². The smallest absolute Gasteiger partial charge is 0.408 e. The maximum absolute atomic E-state index is 14.1. The zero-order valence-electron chi connectivity index (χ0n) is 26.0. The quantitative estimate of drug-likeness (QED) is 0.233. The van der Waals surface area contributed by atoms with Gasteiger partial charge in [0.1, 0.15) is 17.7 Å². The van der Waals surface area contributed by atoms with Gasteiger partial charge in [0.25, 0.3) is 5.91 Å². The summed E-state index contributed by atoms with van der Waals surface area (Å²) < 4.78 is 5.39. The molecular formula is C33H48ClN3O4. The van der Waals surface area contributed by atoms with E-state index in [1.807, 2.05) is 51.1 Å². The zero-order valence-corrected chi connectivity index (χ0v) is 26.8. The maximum atomic E-state index is 14.1. The van der Waals surface area contributed by atoms with Crippen molar-refractivity contribution in [2.24, 2.45) is 0 Å². The van der Waals surface area contributed by atoms with Crippen LogP contribution in [0, 0.1) is 20.8 Å². The van der Waals surface area contributed by atoms with E-state index in [1.54, 1.807) is 38.7 Å². The standard InChI is InChI=1S/C33H48ClN3O4/c1-9-10-11-12-13-14-20-37(31(39)25(5)35-32(40)41-33(6,7)8)29(26-19-18-22(2)21-24(26)4)30(38)36-28-23(3)16-15-17-27(28)34/h15-19,21,25,29H,9-14,20H2,1-8H3,(H,35,40)(H,36,38). The number of amides is 3. The lowest BCUT2D eigenvalue weighted by Crippen LogP contribution is -2.51. The Morgan fingerprint density at radius 2 is 1.61 bits per heavy atom. The summed E-state index contributed by atoms with van der Waals surface area (Å²) >= 11 is 6.47. The predicted molar refractivity (Wildman–Crippen MR) is 167 cm³/mol. The van der Waals surface area contributed by atoms with Crippen LogP contribution in [-0.2, 0) is 14.3 Å². The number of ether oxygens (including phenoxy) is 1. The lowest BCUT2D eigenvalue weighted by molar-refractivity contribution is -0.140. The van der Waals surface area contributed by atoms with Gasteiger partial charge in [0.05, 0.1) is 10.7 Å². The van der Waals surface area contributed by atoms with Gasteiger partial charge in [-0.25, -0.2) is 4.79 Å². The molecule has 0 heterocycles. The summed E-state index contributed by atoms with van der Waals surface area (Å²) in [5.74, 6) is -0.725. The van der Waals surface area contributed by atoms with Crippen LogP contribution in [0.5, 0.6) is 0 Å². The molecule has 0 aromatic heterocycles. The Balaban J connectivity index is 2.49. The number of alkyl carbamates (subject to hydrolysis) is 1. The van der Waals surface area contributed by atoms with Crippen molar-refractivity contribution < 1.29 is 19.1 Å². The molecule has 0 fully saturated rings. The highest BCUT2D eigenvalue weighted by Gasteiger charge is 2.35. The Morgan fingerprint density at radius 3 is 2.22 bits per heavy atom. The Morgan fingerprint density at radius 1 is 0.951 bits per heavy atom. The molecule has 7 nitrogen and oxygen atoms in total. The van der Waals surface area contributed by atoms with Gasteiger partial charge in [0.15, 0.2) is 0 Å². The number of carbonyl (C=O) groups is 3. The maximum Gasteiger partial charge on any atom is 0.408 e. The molecule has 0 saturated carbocycles. The van der Waals surface area contributed by atoms with Gasteiger partial charge >= 0.3 is 6.09 Å². The van der Waals surface area contributed by atoms with Crippen molar-refractivity contribution in [3.05, 3.63) is 63.7 Å². The van der Waals surface area contributed by atoms with E-state index >= 15 is 0 Å². The van der Waals surface area contributed by atoms with E-state index in [0.717, 1.165) is 54.4 Å². The molecule has 2 unspecified atom stereocenters. The predicted octanol–water partition coefficient (Wildman–Crippen LogP) is 8.05. The molecule has 0 aliphatic heterocycles. The highest BCUT2D eigenvalue weighted by atomic mass is 35.5. The van der Waals surface area contributed by atoms with E-state index < -0.39 is 23.8 Å². The van der Waals surface area contributed by atoms with Crippen LogP contribution in [0.2, 0.25) is 5.02 Å². The average Bonchev–Trinajstić information content (AvgIpc) is 2.86. The second kappa shape index (κ2) is 15.8. The van der Waals surface area contributed by atoms with Crippen LogP contribution in [0.25, 0.3) is 0 Å². The van der Waals surface area contributed by atoms with Crippen LogP contribution in [0.1, 0.15) is 101 Å². The third-order valence-electron chi connectivity index (χ3n) is 6.89. The van der Waals surface area contributed by atoms with Gasteiger partial charge in [-0.3, -0.25) is 9.59 Å². The highest BCUT2D eigenvalue weighted by molar-refractivity contribution is 6.34. The number of nitrogens with zero attached hydrogens (tertiary/aromatic N) is 1. The molecular weight excluding hydrogens is 538 g/mol. The van der Waals surface area contributed by atoms with Gasteiger partial charge in [-0.15, -0.1) is 0 Å². The van der Waals surface area contributed by atoms with E-state index in [2.05, 4.69) is 17.6 Å². The lowest BCUT2D eigenvalue weighted by atomic mass is 9.96. The third kappa shape index (κ3) is 10.7. The van der Waals surface area contributed by atoms with Crippen molar-refractivity contribution in [1.82, 2.24) is 10.2 Å². The van der Waals surface area contributed by atoms with Crippen LogP contribution in [0.3, 0.4) is 0 Å². The Labute approximate surface area is 251 Å². The lowest BCUT2D eigenvalue weighted by Gasteiger charge is -2.34. The summed E-state index contributed by atoms with van der Waals surface area (Å²) in [6, 6.07) is 9.44. The number of nitrogens with one attached hydrogen (secondary N) is 2. The summed E-state index contributed by atoms with van der Waals surface area (Å²) in [4.78, 5) is 42.3. The van der Waals surface area contributed by atoms with Crippen molar-refractivity contribution in [3.63, 3.8) is 0 Å². The first kappa shape index (κ1) is 34.1. The monoisotopic (exact) mass is 585 g/mol. The summed E-state index contributed by atoms with van der Waals surface area (Å²) in [7, 11) is 0. The van der Waals surface area contributed by atoms with Crippen molar-refractivity contribution in [1.29, 1.82) is 0 Å². The first-order valence-corrected chi connectivity index (χ1v) is 15.1. The van der Waals surface area contributed by atoms with E-state index in [4.69, 9.17) is 16.3 Å². The number of rotatable bonds is 13. The molecule has 2 aromatic rings. The largest absolute Gasteiger partial charge is 0.444 e. The number of benzene rings is 2. The first-order chi connectivity index (χ1) is 19.2. The number of carbonyl (C=O) groups excluding carboxylic acids is 3. The molecule has 3 amide bonds. The number of halogens is 1. The normalized spacial score (nSPS) is 12.8. The Bertz CT molecular complexity index is 1170. The van der Waals surface area contributed by atoms with Crippen LogP contribution >= 0.6 is 11.6 Å². The van der Waals surface area contributed by atoms with Crippen LogP contribution in [-0.4, -0.2) is 41.0 Å². The second-order valence-corrected chi connectivity index (χ2v) is 12.3. The molecule has 0 spiro atoms. The summed E-state index contributed by atoms with van der Waals surface area (Å²) in [6.07, 6.45) is 5.49. The fraction of sp³-hybridized carbons (Fsp3) is 0.545. The summed E-state index contributed by atoms with van der Waals surface area (Å²) in [6.45, 7) is 15.3. The molecule has 0 radical (unpaired) electrons. The number of hydrogen-bond donors (Lipinski definition) is 2. The number of hydrogen-bond acceptors (Lipinski definition) is 4. The molecule has 2 N–H and O–H groups in total. The van der Waals surface area contributed by atoms with Crippen LogP contribution in [0.4, 0.5) is 10.5 Å². The van der Waals surface area contributed by atoms with Gasteiger partial charge in [-0.05, 0) is 77.6 Å². The van der Waals surface area contributed by atoms with Crippen molar-refractivity contribution in [2.75, 3.05) is 11.9 Å². The molecule has 0 aliphatic carbocycles. The zero-order chi connectivity index (χ0) is 30.7. The van der Waals surface area contributed by atoms with E-state index in [1.165, 1.54) is 6.42 Å². The van der Waals surface area contributed by atoms with Gasteiger partial charge in [-0.1, -0.05) is 86.5 Å². The van der Waals surface area contributed by atoms with E-state index in [-0.39, 0.29) is 11.8 Å². The summed E-state index contributed by atoms with van der Waals surface area (Å²) in [5, 5.41) is 6.10. The Hall–Kier alpha value is -3.06. The highest BCUT2D eigenvalue weighted by Crippen LogP contribution is 2.31. The number of unbranched alkanes of at least 4 members (excludes halogenated alkanes) is 5. The first-order valence-electron chi connectivity index (χ1n) is 14.7. The van der Waals surface area contributed by atoms with Crippen molar-refractivity contribution in [2.45, 2.75) is 112 Å². The minimum Gasteiger partial charge on any atom is -0.444 e. The fourth-order valence-corrected chi connectivity index (χ4v) is 5.06. The van der Waals surface area contributed by atoms with Crippen molar-refractivity contribution >= 4 is 35.2 Å². The van der Waals surface area contributed by atoms with Crippen LogP contribution < -0.4 is 10.6 Å². The molecule has 2 aromatic carbocycles. The van der Waals surface area contributed by atoms with Crippen LogP contribution in [0.15, 0.2) is 36.4 Å². The minimum atomic E-state index is -0.933. The molecule has 8 heteroatoms. The van der Waals surface area contributed by atoms with E-state index in [0.29, 0.717) is 17.3 Å². The van der Waals surface area contributed by atoms with Gasteiger partial charge in [0.2, 0.25) is 5.91 Å². The SMILES string of the molecule is CCCCCCCCN(C(=O)C(C)NC(=O)OC(C)(C)C)C(C(=O)Nc1c(C)cccc1Cl)c1ccc(C)cc1C. The molecule has 0 bridgehead atoms. The second-order valence-electron chi connectivity index (χ2n) is 11.9. The molecule has 226 valence electrons. The number of anilines is 1. The molecule has 41 heavy (non-hydrogen) atoms. The number of para-hydroxylation sites is 1. The summed E-state index contributed by atoms with van der Waals surface area (Å²) in [5.41, 5.74) is 3.30. The van der Waals surface area contributed by atoms with Gasteiger partial charge < -0.3 is 20.3 Å². The molecule has 2 atom stereocenters. The molecule has 0 saturated heterocycles.